The molecule has 0 aromatic heterocycles. The Morgan fingerprint density at radius 3 is 1.38 bits per heavy atom. The number of hydrogen-bond acceptors (Lipinski definition) is 0. The zero-order valence-electron chi connectivity index (χ0n) is 15.7. The minimum absolute atomic E-state index is 0.865. The van der Waals surface area contributed by atoms with Gasteiger partial charge in [-0.2, -0.15) is 0 Å². The van der Waals surface area contributed by atoms with E-state index >= 15 is 0 Å². The molecule has 4 aromatic carbocycles. The van der Waals surface area contributed by atoms with E-state index in [4.69, 9.17) is 0 Å². The molecule has 0 nitrogen and oxygen atoms in total. The van der Waals surface area contributed by atoms with Gasteiger partial charge in [-0.3, -0.25) is 0 Å². The standard InChI is InChI=1S/C25H20Br3P/c26-21-16-17-25(27)20(18-21)19-29(28,22-10-4-1-5-11-22,23-12-6-2-7-13-23)24-14-8-3-9-15-24/h1-18H,19H2. The zero-order chi connectivity index (χ0) is 20.3. The molecule has 0 heterocycles. The Labute approximate surface area is 197 Å². The van der Waals surface area contributed by atoms with Gasteiger partial charge in [0.25, 0.3) is 0 Å². The monoisotopic (exact) mass is 588 g/mol. The summed E-state index contributed by atoms with van der Waals surface area (Å²) >= 11 is 12.0. The number of benzene rings is 4. The Bertz CT molecular complexity index is 1010. The summed E-state index contributed by atoms with van der Waals surface area (Å²) in [6.45, 7) is 0. The second-order valence-corrected chi connectivity index (χ2v) is 17.8. The van der Waals surface area contributed by atoms with Gasteiger partial charge in [0, 0.05) is 0 Å². The molecular formula is C25H20Br3P. The van der Waals surface area contributed by atoms with Crippen molar-refractivity contribution in [3.63, 3.8) is 0 Å². The van der Waals surface area contributed by atoms with Crippen LogP contribution in [-0.4, -0.2) is 0 Å². The van der Waals surface area contributed by atoms with Crippen LogP contribution in [0.3, 0.4) is 0 Å². The van der Waals surface area contributed by atoms with Crippen molar-refractivity contribution in [1.82, 2.24) is 0 Å². The van der Waals surface area contributed by atoms with Crippen molar-refractivity contribution in [2.24, 2.45) is 0 Å². The van der Waals surface area contributed by atoms with Crippen LogP contribution in [-0.2, 0) is 6.16 Å². The molecular weight excluding hydrogens is 571 g/mol. The van der Waals surface area contributed by atoms with Crippen LogP contribution in [0.2, 0.25) is 0 Å². The molecule has 0 radical (unpaired) electrons. The Morgan fingerprint density at radius 1 is 0.552 bits per heavy atom. The molecule has 0 aliphatic heterocycles. The molecule has 0 aliphatic carbocycles. The summed E-state index contributed by atoms with van der Waals surface area (Å²) in [4.78, 5) is 0. The summed E-state index contributed by atoms with van der Waals surface area (Å²) < 4.78 is 2.21. The van der Waals surface area contributed by atoms with Crippen molar-refractivity contribution in [2.75, 3.05) is 0 Å². The van der Waals surface area contributed by atoms with E-state index in [2.05, 4.69) is 157 Å². The van der Waals surface area contributed by atoms with Crippen LogP contribution in [0, 0.1) is 0 Å². The van der Waals surface area contributed by atoms with Crippen molar-refractivity contribution in [3.8, 4) is 0 Å². The molecule has 146 valence electrons. The molecule has 0 N–H and O–H groups in total. The van der Waals surface area contributed by atoms with Gasteiger partial charge < -0.3 is 0 Å². The van der Waals surface area contributed by atoms with Gasteiger partial charge in [-0.25, -0.2) is 0 Å². The van der Waals surface area contributed by atoms with Gasteiger partial charge in [0.15, 0.2) is 0 Å². The van der Waals surface area contributed by atoms with E-state index in [9.17, 15) is 0 Å². The minimum atomic E-state index is -2.97. The van der Waals surface area contributed by atoms with E-state index in [0.717, 1.165) is 15.1 Å². The van der Waals surface area contributed by atoms with Crippen LogP contribution in [0.25, 0.3) is 0 Å². The van der Waals surface area contributed by atoms with Gasteiger partial charge in [0.1, 0.15) is 0 Å². The van der Waals surface area contributed by atoms with E-state index in [0.29, 0.717) is 0 Å². The van der Waals surface area contributed by atoms with Gasteiger partial charge >= 0.3 is 198 Å². The SMILES string of the molecule is Brc1ccc(Br)c(CP(Br)(c2ccccc2)(c2ccccc2)c2ccccc2)c1. The average Bonchev–Trinajstić information content (AvgIpc) is 2.78. The Balaban J connectivity index is 2.11. The number of hydrogen-bond donors (Lipinski definition) is 0. The zero-order valence-corrected chi connectivity index (χ0v) is 21.3. The maximum absolute atomic E-state index is 4.51. The molecule has 0 amide bonds. The predicted octanol–water partition coefficient (Wildman–Crippen LogP) is 7.55. The summed E-state index contributed by atoms with van der Waals surface area (Å²) in [7, 11) is 0. The Morgan fingerprint density at radius 2 is 0.966 bits per heavy atom. The Kier molecular flexibility index (Phi) is 6.14. The van der Waals surface area contributed by atoms with Crippen LogP contribution in [0.4, 0.5) is 0 Å². The van der Waals surface area contributed by atoms with Crippen molar-refractivity contribution >= 4 is 68.6 Å². The van der Waals surface area contributed by atoms with E-state index in [1.54, 1.807) is 0 Å². The van der Waals surface area contributed by atoms with Crippen LogP contribution < -0.4 is 15.9 Å². The molecule has 0 fully saturated rings. The van der Waals surface area contributed by atoms with Gasteiger partial charge in [0.05, 0.1) is 0 Å². The molecule has 0 bridgehead atoms. The molecule has 0 atom stereocenters. The first kappa shape index (κ1) is 21.0. The van der Waals surface area contributed by atoms with Crippen LogP contribution in [0.5, 0.6) is 0 Å². The molecule has 0 spiro atoms. The van der Waals surface area contributed by atoms with Crippen LogP contribution >= 0.6 is 52.7 Å². The summed E-state index contributed by atoms with van der Waals surface area (Å²) in [5.74, 6) is 0. The summed E-state index contributed by atoms with van der Waals surface area (Å²) in [6.07, 6.45) is 0.865. The second-order valence-electron chi connectivity index (χ2n) is 7.08. The molecule has 4 rings (SSSR count). The number of rotatable bonds is 5. The normalized spacial score (nSPS) is 12.9. The summed E-state index contributed by atoms with van der Waals surface area (Å²) in [5.41, 5.74) is 1.27. The number of halogens is 3. The third-order valence-electron chi connectivity index (χ3n) is 5.36. The van der Waals surface area contributed by atoms with Crippen LogP contribution in [0.1, 0.15) is 5.56 Å². The topological polar surface area (TPSA) is 0 Å². The van der Waals surface area contributed by atoms with E-state index in [-0.39, 0.29) is 0 Å². The van der Waals surface area contributed by atoms with E-state index < -0.39 is 5.31 Å². The van der Waals surface area contributed by atoms with E-state index in [1.807, 2.05) is 0 Å². The molecule has 0 unspecified atom stereocenters. The van der Waals surface area contributed by atoms with Gasteiger partial charge in [0.2, 0.25) is 0 Å². The fourth-order valence-electron chi connectivity index (χ4n) is 3.92. The first-order valence-corrected chi connectivity index (χ1v) is 15.4. The molecule has 0 aliphatic rings. The summed E-state index contributed by atoms with van der Waals surface area (Å²) in [6, 6.07) is 39.1. The second kappa shape index (κ2) is 8.47. The fraction of sp³-hybridized carbons (Fsp3) is 0.0400. The van der Waals surface area contributed by atoms with Crippen molar-refractivity contribution < 1.29 is 0 Å². The average molecular weight is 591 g/mol. The molecule has 29 heavy (non-hydrogen) atoms. The summed E-state index contributed by atoms with van der Waals surface area (Å²) in [5, 5.41) is 0.991. The van der Waals surface area contributed by atoms with Crippen molar-refractivity contribution in [1.29, 1.82) is 0 Å². The fourth-order valence-corrected chi connectivity index (χ4v) is 12.6. The first-order valence-electron chi connectivity index (χ1n) is 9.36. The van der Waals surface area contributed by atoms with Gasteiger partial charge in [-0.05, 0) is 0 Å². The molecule has 4 aromatic rings. The van der Waals surface area contributed by atoms with Crippen molar-refractivity contribution in [2.45, 2.75) is 6.16 Å². The maximum atomic E-state index is 4.51. The molecule has 0 saturated heterocycles. The van der Waals surface area contributed by atoms with Crippen LogP contribution in [0.15, 0.2) is 118 Å². The predicted molar refractivity (Wildman–Crippen MR) is 140 cm³/mol. The third-order valence-corrected chi connectivity index (χ3v) is 16.1. The molecule has 4 heteroatoms. The van der Waals surface area contributed by atoms with Gasteiger partial charge in [-0.1, -0.05) is 0 Å². The quantitative estimate of drug-likeness (QED) is 0.211. The Hall–Kier alpha value is -1.25. The third kappa shape index (κ3) is 3.79. The van der Waals surface area contributed by atoms with E-state index in [1.165, 1.54) is 21.5 Å². The molecule has 0 saturated carbocycles. The van der Waals surface area contributed by atoms with Gasteiger partial charge in [-0.15, -0.1) is 0 Å². The first-order chi connectivity index (χ1) is 14.0. The van der Waals surface area contributed by atoms with Crippen molar-refractivity contribution in [3.05, 3.63) is 124 Å².